The van der Waals surface area contributed by atoms with Crippen LogP contribution in [0, 0.1) is 11.8 Å². The molecule has 1 aromatic carbocycles. The fourth-order valence-corrected chi connectivity index (χ4v) is 3.10. The molecular formula is C19H30N2O. The summed E-state index contributed by atoms with van der Waals surface area (Å²) < 4.78 is 0. The van der Waals surface area contributed by atoms with Gasteiger partial charge in [0, 0.05) is 6.54 Å². The molecule has 1 aromatic rings. The number of hydrogen-bond donors (Lipinski definition) is 2. The third-order valence-electron chi connectivity index (χ3n) is 4.31. The van der Waals surface area contributed by atoms with E-state index in [9.17, 15) is 4.79 Å². The molecule has 1 atom stereocenters. The van der Waals surface area contributed by atoms with Crippen LogP contribution >= 0.6 is 0 Å². The Kier molecular flexibility index (Phi) is 6.91. The van der Waals surface area contributed by atoms with Crippen LogP contribution < -0.4 is 10.6 Å². The Morgan fingerprint density at radius 3 is 2.64 bits per heavy atom. The summed E-state index contributed by atoms with van der Waals surface area (Å²) in [7, 11) is 0. The molecule has 1 aliphatic rings. The highest BCUT2D eigenvalue weighted by Gasteiger charge is 2.12. The number of carbonyl (C=O) groups excluding carboxylic acids is 1. The molecule has 122 valence electrons. The molecule has 3 heteroatoms. The zero-order chi connectivity index (χ0) is 15.8. The van der Waals surface area contributed by atoms with E-state index in [1.54, 1.807) is 0 Å². The van der Waals surface area contributed by atoms with Crippen molar-refractivity contribution in [3.63, 3.8) is 0 Å². The molecule has 2 N–H and O–H groups in total. The van der Waals surface area contributed by atoms with Gasteiger partial charge in [0.2, 0.25) is 5.91 Å². The van der Waals surface area contributed by atoms with Crippen molar-refractivity contribution in [3.8, 4) is 0 Å². The molecule has 1 unspecified atom stereocenters. The smallest absolute Gasteiger partial charge is 0.224 e. The molecule has 22 heavy (non-hydrogen) atoms. The molecule has 0 spiro atoms. The average Bonchev–Trinajstić information content (AvgIpc) is 2.50. The van der Waals surface area contributed by atoms with Crippen molar-refractivity contribution in [1.29, 1.82) is 0 Å². The summed E-state index contributed by atoms with van der Waals surface area (Å²) >= 11 is 0. The Balaban J connectivity index is 1.67. The van der Waals surface area contributed by atoms with Crippen molar-refractivity contribution in [2.75, 3.05) is 19.6 Å². The van der Waals surface area contributed by atoms with Gasteiger partial charge < -0.3 is 10.6 Å². The molecule has 3 nitrogen and oxygen atoms in total. The number of piperidine rings is 1. The van der Waals surface area contributed by atoms with Gasteiger partial charge >= 0.3 is 0 Å². The first kappa shape index (κ1) is 17.0. The van der Waals surface area contributed by atoms with Gasteiger partial charge in [0.1, 0.15) is 0 Å². The Morgan fingerprint density at radius 2 is 2.00 bits per heavy atom. The highest BCUT2D eigenvalue weighted by atomic mass is 16.1. The van der Waals surface area contributed by atoms with E-state index >= 15 is 0 Å². The van der Waals surface area contributed by atoms with Crippen molar-refractivity contribution in [1.82, 2.24) is 10.6 Å². The van der Waals surface area contributed by atoms with Crippen LogP contribution in [0.25, 0.3) is 0 Å². The lowest BCUT2D eigenvalue weighted by Gasteiger charge is -2.22. The second-order valence-corrected chi connectivity index (χ2v) is 6.94. The first-order chi connectivity index (χ1) is 10.6. The summed E-state index contributed by atoms with van der Waals surface area (Å²) in [6.45, 7) is 7.51. The maximum absolute atomic E-state index is 12.0. The minimum Gasteiger partial charge on any atom is -0.356 e. The van der Waals surface area contributed by atoms with E-state index < -0.39 is 0 Å². The first-order valence-electron chi connectivity index (χ1n) is 8.68. The van der Waals surface area contributed by atoms with E-state index in [1.807, 2.05) is 0 Å². The molecule has 1 amide bonds. The molecule has 2 rings (SSSR count). The van der Waals surface area contributed by atoms with Gasteiger partial charge in [-0.15, -0.1) is 0 Å². The van der Waals surface area contributed by atoms with E-state index in [2.05, 4.69) is 48.7 Å². The normalized spacial score (nSPS) is 18.4. The fourth-order valence-electron chi connectivity index (χ4n) is 3.10. The van der Waals surface area contributed by atoms with Crippen LogP contribution in [0.5, 0.6) is 0 Å². The van der Waals surface area contributed by atoms with Gasteiger partial charge in [-0.3, -0.25) is 4.79 Å². The highest BCUT2D eigenvalue weighted by Crippen LogP contribution is 2.13. The second-order valence-electron chi connectivity index (χ2n) is 6.94. The van der Waals surface area contributed by atoms with Gasteiger partial charge in [-0.25, -0.2) is 0 Å². The first-order valence-corrected chi connectivity index (χ1v) is 8.68. The van der Waals surface area contributed by atoms with Crippen LogP contribution in [0.4, 0.5) is 0 Å². The number of benzene rings is 1. The number of carbonyl (C=O) groups is 1. The maximum atomic E-state index is 12.0. The Bertz CT molecular complexity index is 447. The quantitative estimate of drug-likeness (QED) is 0.813. The lowest BCUT2D eigenvalue weighted by atomic mass is 9.96. The van der Waals surface area contributed by atoms with Crippen LogP contribution in [-0.4, -0.2) is 25.5 Å². The third kappa shape index (κ3) is 6.18. The molecule has 0 radical (unpaired) electrons. The van der Waals surface area contributed by atoms with E-state index in [1.165, 1.54) is 18.4 Å². The summed E-state index contributed by atoms with van der Waals surface area (Å²) in [5.41, 5.74) is 2.45. The van der Waals surface area contributed by atoms with Crippen LogP contribution in [0.3, 0.4) is 0 Å². The molecule has 1 aliphatic heterocycles. The molecular weight excluding hydrogens is 272 g/mol. The molecule has 0 aromatic heterocycles. The number of amides is 1. The second kappa shape index (κ2) is 8.94. The van der Waals surface area contributed by atoms with Crippen molar-refractivity contribution >= 4 is 5.91 Å². The highest BCUT2D eigenvalue weighted by molar-refractivity contribution is 5.78. The van der Waals surface area contributed by atoms with Crippen molar-refractivity contribution < 1.29 is 4.79 Å². The topological polar surface area (TPSA) is 41.1 Å². The van der Waals surface area contributed by atoms with Gasteiger partial charge in [0.25, 0.3) is 0 Å². The van der Waals surface area contributed by atoms with E-state index in [4.69, 9.17) is 0 Å². The Labute approximate surface area is 134 Å². The molecule has 1 fully saturated rings. The third-order valence-corrected chi connectivity index (χ3v) is 4.31. The number of nitrogens with one attached hydrogen (secondary N) is 2. The minimum atomic E-state index is 0.139. The Hall–Kier alpha value is -1.35. The summed E-state index contributed by atoms with van der Waals surface area (Å²) in [5.74, 6) is 1.54. The summed E-state index contributed by atoms with van der Waals surface area (Å²) in [4.78, 5) is 12.0. The van der Waals surface area contributed by atoms with Crippen molar-refractivity contribution in [3.05, 3.63) is 35.4 Å². The van der Waals surface area contributed by atoms with Crippen LogP contribution in [-0.2, 0) is 17.6 Å². The van der Waals surface area contributed by atoms with Gasteiger partial charge in [-0.2, -0.15) is 0 Å². The largest absolute Gasteiger partial charge is 0.356 e. The SMILES string of the molecule is CC(C)Cc1ccc(CC(=O)NCCC2CCCNC2)cc1. The van der Waals surface area contributed by atoms with Crippen LogP contribution in [0.2, 0.25) is 0 Å². The van der Waals surface area contributed by atoms with Crippen molar-refractivity contribution in [2.45, 2.75) is 46.0 Å². The summed E-state index contributed by atoms with van der Waals surface area (Å²) in [6, 6.07) is 8.47. The van der Waals surface area contributed by atoms with Crippen molar-refractivity contribution in [2.24, 2.45) is 11.8 Å². The standard InChI is InChI=1S/C19H30N2O/c1-15(2)12-16-5-7-17(8-6-16)13-19(22)21-11-9-18-4-3-10-20-14-18/h5-8,15,18,20H,3-4,9-14H2,1-2H3,(H,21,22). The van der Waals surface area contributed by atoms with E-state index in [0.29, 0.717) is 12.3 Å². The van der Waals surface area contributed by atoms with E-state index in [0.717, 1.165) is 44.0 Å². The predicted octanol–water partition coefficient (Wildman–Crippen LogP) is 2.93. The van der Waals surface area contributed by atoms with Gasteiger partial charge in [-0.05, 0) is 61.7 Å². The number of hydrogen-bond acceptors (Lipinski definition) is 2. The van der Waals surface area contributed by atoms with Gasteiger partial charge in [0.15, 0.2) is 0 Å². The van der Waals surface area contributed by atoms with Gasteiger partial charge in [0.05, 0.1) is 6.42 Å². The van der Waals surface area contributed by atoms with Crippen LogP contribution in [0.1, 0.15) is 44.2 Å². The fraction of sp³-hybridized carbons (Fsp3) is 0.632. The maximum Gasteiger partial charge on any atom is 0.224 e. The van der Waals surface area contributed by atoms with Gasteiger partial charge in [-0.1, -0.05) is 38.1 Å². The monoisotopic (exact) mass is 302 g/mol. The zero-order valence-corrected chi connectivity index (χ0v) is 14.0. The zero-order valence-electron chi connectivity index (χ0n) is 14.0. The minimum absolute atomic E-state index is 0.139. The Morgan fingerprint density at radius 1 is 1.27 bits per heavy atom. The molecule has 1 heterocycles. The molecule has 1 saturated heterocycles. The molecule has 0 saturated carbocycles. The molecule has 0 aliphatic carbocycles. The number of rotatable bonds is 7. The lowest BCUT2D eigenvalue weighted by Crippen LogP contribution is -2.33. The lowest BCUT2D eigenvalue weighted by molar-refractivity contribution is -0.120. The summed E-state index contributed by atoms with van der Waals surface area (Å²) in [6.07, 6.45) is 5.24. The summed E-state index contributed by atoms with van der Waals surface area (Å²) in [5, 5.41) is 6.48. The van der Waals surface area contributed by atoms with E-state index in [-0.39, 0.29) is 5.91 Å². The molecule has 0 bridgehead atoms. The van der Waals surface area contributed by atoms with Crippen LogP contribution in [0.15, 0.2) is 24.3 Å². The average molecular weight is 302 g/mol. The predicted molar refractivity (Wildman–Crippen MR) is 91.9 cm³/mol.